The van der Waals surface area contributed by atoms with Gasteiger partial charge in [-0.15, -0.1) is 0 Å². The Morgan fingerprint density at radius 2 is 1.61 bits per heavy atom. The Balaban J connectivity index is 1.36. The molecule has 0 aliphatic carbocycles. The molecule has 1 aliphatic rings. The Hall–Kier alpha value is -3.31. The van der Waals surface area contributed by atoms with Crippen LogP contribution in [-0.2, 0) is 23.3 Å². The van der Waals surface area contributed by atoms with Crippen LogP contribution in [0.3, 0.4) is 0 Å². The molecule has 0 saturated carbocycles. The molecule has 3 aromatic carbocycles. The van der Waals surface area contributed by atoms with Crippen LogP contribution in [0.1, 0.15) is 46.8 Å². The quantitative estimate of drug-likeness (QED) is 0.565. The third-order valence-electron chi connectivity index (χ3n) is 6.67. The van der Waals surface area contributed by atoms with Crippen molar-refractivity contribution in [2.45, 2.75) is 38.3 Å². The Bertz CT molecular complexity index is 1100. The molecule has 0 bridgehead atoms. The van der Waals surface area contributed by atoms with Gasteiger partial charge in [0.1, 0.15) is 11.6 Å². The third kappa shape index (κ3) is 5.37. The highest BCUT2D eigenvalue weighted by Crippen LogP contribution is 2.36. The van der Waals surface area contributed by atoms with E-state index >= 15 is 0 Å². The summed E-state index contributed by atoms with van der Waals surface area (Å²) in [6.07, 6.45) is 1.59. The Kier molecular flexibility index (Phi) is 6.99. The van der Waals surface area contributed by atoms with E-state index in [9.17, 15) is 14.0 Å². The van der Waals surface area contributed by atoms with Gasteiger partial charge in [-0.25, -0.2) is 4.39 Å². The molecule has 4 nitrogen and oxygen atoms in total. The van der Waals surface area contributed by atoms with Crippen molar-refractivity contribution in [1.29, 1.82) is 0 Å². The molecule has 1 saturated heterocycles. The third-order valence-corrected chi connectivity index (χ3v) is 6.67. The maximum absolute atomic E-state index is 13.0. The van der Waals surface area contributed by atoms with Gasteiger partial charge in [-0.3, -0.25) is 14.5 Å². The number of Topliss-reactive ketones (excluding diaryl/α,β-unsaturated/α-hetero) is 1. The lowest BCUT2D eigenvalue weighted by Crippen LogP contribution is -2.46. The van der Waals surface area contributed by atoms with E-state index in [1.54, 1.807) is 25.1 Å². The predicted octanol–water partition coefficient (Wildman–Crippen LogP) is 4.88. The molecule has 0 radical (unpaired) electrons. The van der Waals surface area contributed by atoms with Gasteiger partial charge in [-0.2, -0.15) is 0 Å². The zero-order valence-corrected chi connectivity index (χ0v) is 18.9. The van der Waals surface area contributed by atoms with Gasteiger partial charge in [0.15, 0.2) is 0 Å². The standard InChI is InChI=1S/C28H29FN2O2/c1-21(32)28(25-8-3-2-4-9-25)14-16-31(17-15-28)20-23-6-5-7-24(18-23)27(33)30-19-22-10-12-26(29)13-11-22/h2-13,18H,14-17,19-20H2,1H3,(H,30,33). The van der Waals surface area contributed by atoms with E-state index in [-0.39, 0.29) is 17.5 Å². The number of halogens is 1. The fraction of sp³-hybridized carbons (Fsp3) is 0.286. The van der Waals surface area contributed by atoms with Gasteiger partial charge >= 0.3 is 0 Å². The summed E-state index contributed by atoms with van der Waals surface area (Å²) in [6.45, 7) is 4.45. The number of likely N-dealkylation sites (tertiary alicyclic amines) is 1. The number of ketones is 1. The molecule has 1 amide bonds. The van der Waals surface area contributed by atoms with E-state index in [1.165, 1.54) is 12.1 Å². The molecule has 4 rings (SSSR count). The van der Waals surface area contributed by atoms with Crippen LogP contribution < -0.4 is 5.32 Å². The summed E-state index contributed by atoms with van der Waals surface area (Å²) in [5.41, 5.74) is 3.23. The highest BCUT2D eigenvalue weighted by Gasteiger charge is 2.40. The van der Waals surface area contributed by atoms with Crippen molar-refractivity contribution in [3.05, 3.63) is 107 Å². The lowest BCUT2D eigenvalue weighted by atomic mass is 9.70. The van der Waals surface area contributed by atoms with Gasteiger partial charge < -0.3 is 5.32 Å². The number of nitrogens with zero attached hydrogens (tertiary/aromatic N) is 1. The fourth-order valence-corrected chi connectivity index (χ4v) is 4.65. The molecule has 1 heterocycles. The van der Waals surface area contributed by atoms with Crippen molar-refractivity contribution in [2.24, 2.45) is 0 Å². The molecule has 170 valence electrons. The number of piperidine rings is 1. The number of benzene rings is 3. The van der Waals surface area contributed by atoms with Crippen LogP contribution in [0.2, 0.25) is 0 Å². The SMILES string of the molecule is CC(=O)C1(c2ccccc2)CCN(Cc2cccc(C(=O)NCc3ccc(F)cc3)c2)CC1. The number of hydrogen-bond donors (Lipinski definition) is 1. The number of nitrogens with one attached hydrogen (secondary N) is 1. The van der Waals surface area contributed by atoms with Crippen LogP contribution in [0.15, 0.2) is 78.9 Å². The van der Waals surface area contributed by atoms with Crippen molar-refractivity contribution >= 4 is 11.7 Å². The summed E-state index contributed by atoms with van der Waals surface area (Å²) in [7, 11) is 0. The number of carbonyl (C=O) groups is 2. The normalized spacial score (nSPS) is 15.7. The first-order valence-electron chi connectivity index (χ1n) is 11.4. The van der Waals surface area contributed by atoms with Gasteiger partial charge in [0, 0.05) is 18.7 Å². The first-order chi connectivity index (χ1) is 16.0. The average molecular weight is 445 g/mol. The van der Waals surface area contributed by atoms with Crippen LogP contribution in [0.4, 0.5) is 4.39 Å². The minimum atomic E-state index is -0.403. The lowest BCUT2D eigenvalue weighted by Gasteiger charge is -2.40. The van der Waals surface area contributed by atoms with E-state index in [2.05, 4.69) is 22.3 Å². The Morgan fingerprint density at radius 1 is 0.909 bits per heavy atom. The lowest BCUT2D eigenvalue weighted by molar-refractivity contribution is -0.124. The molecule has 0 unspecified atom stereocenters. The molecule has 1 fully saturated rings. The minimum Gasteiger partial charge on any atom is -0.348 e. The van der Waals surface area contributed by atoms with Crippen molar-refractivity contribution in [3.63, 3.8) is 0 Å². The smallest absolute Gasteiger partial charge is 0.251 e. The summed E-state index contributed by atoms with van der Waals surface area (Å²) in [5, 5.41) is 2.89. The topological polar surface area (TPSA) is 49.4 Å². The molecule has 5 heteroatoms. The number of hydrogen-bond acceptors (Lipinski definition) is 3. The van der Waals surface area contributed by atoms with Crippen LogP contribution in [0.5, 0.6) is 0 Å². The van der Waals surface area contributed by atoms with Gasteiger partial charge in [-0.05, 0) is 73.8 Å². The first kappa shape index (κ1) is 22.9. The molecule has 1 N–H and O–H groups in total. The summed E-state index contributed by atoms with van der Waals surface area (Å²) >= 11 is 0. The largest absolute Gasteiger partial charge is 0.348 e. The van der Waals surface area contributed by atoms with E-state index < -0.39 is 5.41 Å². The van der Waals surface area contributed by atoms with Gasteiger partial charge in [0.25, 0.3) is 5.91 Å². The highest BCUT2D eigenvalue weighted by atomic mass is 19.1. The van der Waals surface area contributed by atoms with Crippen molar-refractivity contribution in [2.75, 3.05) is 13.1 Å². The van der Waals surface area contributed by atoms with Crippen molar-refractivity contribution in [3.8, 4) is 0 Å². The molecule has 33 heavy (non-hydrogen) atoms. The first-order valence-corrected chi connectivity index (χ1v) is 11.4. The molecule has 0 atom stereocenters. The van der Waals surface area contributed by atoms with Gasteiger partial charge in [-0.1, -0.05) is 54.6 Å². The predicted molar refractivity (Wildman–Crippen MR) is 127 cm³/mol. The van der Waals surface area contributed by atoms with Gasteiger partial charge in [0.05, 0.1) is 5.41 Å². The average Bonchev–Trinajstić information content (AvgIpc) is 2.84. The zero-order valence-electron chi connectivity index (χ0n) is 18.9. The number of amides is 1. The highest BCUT2D eigenvalue weighted by molar-refractivity contribution is 5.94. The number of carbonyl (C=O) groups excluding carboxylic acids is 2. The van der Waals surface area contributed by atoms with E-state index in [4.69, 9.17) is 0 Å². The molecular weight excluding hydrogens is 415 g/mol. The maximum Gasteiger partial charge on any atom is 0.251 e. The fourth-order valence-electron chi connectivity index (χ4n) is 4.65. The molecule has 1 aliphatic heterocycles. The van der Waals surface area contributed by atoms with Crippen LogP contribution in [0, 0.1) is 5.82 Å². The molecule has 0 aromatic heterocycles. The van der Waals surface area contributed by atoms with Crippen LogP contribution in [0.25, 0.3) is 0 Å². The second kappa shape index (κ2) is 10.1. The van der Waals surface area contributed by atoms with E-state index in [0.29, 0.717) is 12.1 Å². The Morgan fingerprint density at radius 3 is 2.27 bits per heavy atom. The minimum absolute atomic E-state index is 0.153. The van der Waals surface area contributed by atoms with Crippen molar-refractivity contribution < 1.29 is 14.0 Å². The van der Waals surface area contributed by atoms with Crippen LogP contribution >= 0.6 is 0 Å². The summed E-state index contributed by atoms with van der Waals surface area (Å²) in [6, 6.07) is 23.9. The second-order valence-corrected chi connectivity index (χ2v) is 8.79. The second-order valence-electron chi connectivity index (χ2n) is 8.79. The monoisotopic (exact) mass is 444 g/mol. The van der Waals surface area contributed by atoms with Gasteiger partial charge in [0.2, 0.25) is 0 Å². The van der Waals surface area contributed by atoms with E-state index in [0.717, 1.165) is 49.2 Å². The molecule has 0 spiro atoms. The summed E-state index contributed by atoms with van der Waals surface area (Å²) < 4.78 is 13.0. The van der Waals surface area contributed by atoms with Crippen molar-refractivity contribution in [1.82, 2.24) is 10.2 Å². The summed E-state index contributed by atoms with van der Waals surface area (Å²) in [5.74, 6) is -0.215. The van der Waals surface area contributed by atoms with E-state index in [1.807, 2.05) is 36.4 Å². The zero-order chi connectivity index (χ0) is 23.3. The number of rotatable bonds is 7. The Labute approximate surface area is 194 Å². The molecule has 3 aromatic rings. The van der Waals surface area contributed by atoms with Crippen LogP contribution in [-0.4, -0.2) is 29.7 Å². The summed E-state index contributed by atoms with van der Waals surface area (Å²) in [4.78, 5) is 27.6. The molecular formula is C28H29FN2O2. The maximum atomic E-state index is 13.0.